The third kappa shape index (κ3) is 2.77. The van der Waals surface area contributed by atoms with Crippen molar-refractivity contribution in [2.75, 3.05) is 0 Å². The Labute approximate surface area is 83.7 Å². The highest BCUT2D eigenvalue weighted by atomic mass is 35.5. The van der Waals surface area contributed by atoms with E-state index in [-0.39, 0.29) is 17.2 Å². The first kappa shape index (κ1) is 11.1. The van der Waals surface area contributed by atoms with Crippen molar-refractivity contribution in [3.05, 3.63) is 23.5 Å². The van der Waals surface area contributed by atoms with E-state index < -0.39 is 6.36 Å². The summed E-state index contributed by atoms with van der Waals surface area (Å²) in [5.41, 5.74) is 0.688. The van der Waals surface area contributed by atoms with Gasteiger partial charge < -0.3 is 4.74 Å². The van der Waals surface area contributed by atoms with Crippen molar-refractivity contribution in [2.45, 2.75) is 19.2 Å². The summed E-state index contributed by atoms with van der Waals surface area (Å²) >= 11 is 5.48. The first-order chi connectivity index (χ1) is 6.44. The van der Waals surface area contributed by atoms with Crippen molar-refractivity contribution in [2.24, 2.45) is 0 Å². The molecule has 0 aliphatic heterocycles. The number of aromatic nitrogens is 1. The Morgan fingerprint density at radius 1 is 1.50 bits per heavy atom. The smallest absolute Gasteiger partial charge is 0.405 e. The summed E-state index contributed by atoms with van der Waals surface area (Å²) in [4.78, 5) is 3.81. The molecule has 1 rings (SSSR count). The fourth-order valence-electron chi connectivity index (χ4n) is 0.956. The maximum absolute atomic E-state index is 11.9. The molecule has 6 heteroatoms. The predicted octanol–water partition coefficient (Wildman–Crippen LogP) is 3.03. The number of hydrogen-bond acceptors (Lipinski definition) is 2. The zero-order chi connectivity index (χ0) is 10.8. The highest BCUT2D eigenvalue weighted by Gasteiger charge is 2.32. The first-order valence-corrected chi connectivity index (χ1v) is 4.23. The molecular weight excluding hydrogens is 219 g/mol. The number of pyridine rings is 1. The van der Waals surface area contributed by atoms with Gasteiger partial charge in [0.15, 0.2) is 0 Å². The van der Waals surface area contributed by atoms with Gasteiger partial charge in [0.05, 0.1) is 5.88 Å². The molecule has 0 N–H and O–H groups in total. The Hall–Kier alpha value is -0.970. The standard InChI is InChI=1S/C8H7ClF3NO/c1-5-6(4-9)7(2-3-13-5)14-8(10,11)12/h2-3H,4H2,1H3. The molecule has 1 aromatic heterocycles. The fraction of sp³-hybridized carbons (Fsp3) is 0.375. The summed E-state index contributed by atoms with van der Waals surface area (Å²) in [6.45, 7) is 1.57. The number of aryl methyl sites for hydroxylation is 1. The van der Waals surface area contributed by atoms with Crippen molar-refractivity contribution in [1.82, 2.24) is 4.98 Å². The van der Waals surface area contributed by atoms with Gasteiger partial charge in [-0.3, -0.25) is 4.98 Å². The van der Waals surface area contributed by atoms with E-state index in [0.29, 0.717) is 5.69 Å². The van der Waals surface area contributed by atoms with Crippen molar-refractivity contribution in [1.29, 1.82) is 0 Å². The average molecular weight is 226 g/mol. The highest BCUT2D eigenvalue weighted by molar-refractivity contribution is 6.17. The number of nitrogens with zero attached hydrogens (tertiary/aromatic N) is 1. The van der Waals surface area contributed by atoms with E-state index in [1.54, 1.807) is 6.92 Å². The monoisotopic (exact) mass is 225 g/mol. The normalized spacial score (nSPS) is 11.5. The van der Waals surface area contributed by atoms with Gasteiger partial charge >= 0.3 is 6.36 Å². The molecule has 0 aliphatic rings. The molecule has 0 atom stereocenters. The Balaban J connectivity index is 3.02. The van der Waals surface area contributed by atoms with Crippen LogP contribution in [0.5, 0.6) is 5.75 Å². The first-order valence-electron chi connectivity index (χ1n) is 3.70. The van der Waals surface area contributed by atoms with Crippen molar-refractivity contribution < 1.29 is 17.9 Å². The minimum absolute atomic E-state index is 0.0644. The largest absolute Gasteiger partial charge is 0.573 e. The van der Waals surface area contributed by atoms with Crippen LogP contribution in [-0.4, -0.2) is 11.3 Å². The summed E-state index contributed by atoms with van der Waals surface area (Å²) in [5.74, 6) is -0.356. The molecule has 0 aromatic carbocycles. The van der Waals surface area contributed by atoms with Crippen LogP contribution in [0.4, 0.5) is 13.2 Å². The van der Waals surface area contributed by atoms with Crippen LogP contribution in [0.1, 0.15) is 11.3 Å². The van der Waals surface area contributed by atoms with Crippen LogP contribution in [0, 0.1) is 6.92 Å². The number of halogens is 4. The van der Waals surface area contributed by atoms with E-state index in [1.807, 2.05) is 0 Å². The van der Waals surface area contributed by atoms with E-state index in [4.69, 9.17) is 11.6 Å². The summed E-state index contributed by atoms with van der Waals surface area (Å²) in [5, 5.41) is 0. The van der Waals surface area contributed by atoms with Gasteiger partial charge in [0, 0.05) is 17.5 Å². The fourth-order valence-corrected chi connectivity index (χ4v) is 1.28. The van der Waals surface area contributed by atoms with Crippen LogP contribution < -0.4 is 4.74 Å². The van der Waals surface area contributed by atoms with Crippen LogP contribution in [0.15, 0.2) is 12.3 Å². The SMILES string of the molecule is Cc1nccc(OC(F)(F)F)c1CCl. The van der Waals surface area contributed by atoms with Gasteiger partial charge in [0.25, 0.3) is 0 Å². The zero-order valence-corrected chi connectivity index (χ0v) is 7.99. The highest BCUT2D eigenvalue weighted by Crippen LogP contribution is 2.28. The maximum atomic E-state index is 11.9. The Bertz CT molecular complexity index is 327. The molecule has 78 valence electrons. The van der Waals surface area contributed by atoms with Gasteiger partial charge in [-0.2, -0.15) is 0 Å². The lowest BCUT2D eigenvalue weighted by Crippen LogP contribution is -2.18. The molecule has 0 amide bonds. The van der Waals surface area contributed by atoms with E-state index in [9.17, 15) is 13.2 Å². The minimum atomic E-state index is -4.70. The van der Waals surface area contributed by atoms with Crippen LogP contribution in [0.2, 0.25) is 0 Å². The predicted molar refractivity (Wildman–Crippen MR) is 45.2 cm³/mol. The van der Waals surface area contributed by atoms with E-state index in [2.05, 4.69) is 9.72 Å². The van der Waals surface area contributed by atoms with Gasteiger partial charge in [-0.15, -0.1) is 24.8 Å². The quantitative estimate of drug-likeness (QED) is 0.722. The molecule has 0 spiro atoms. The molecule has 1 heterocycles. The van der Waals surface area contributed by atoms with Gasteiger partial charge in [-0.1, -0.05) is 0 Å². The molecule has 0 saturated heterocycles. The second kappa shape index (κ2) is 4.04. The summed E-state index contributed by atoms with van der Waals surface area (Å²) in [7, 11) is 0. The lowest BCUT2D eigenvalue weighted by atomic mass is 10.2. The van der Waals surface area contributed by atoms with Gasteiger partial charge in [0.2, 0.25) is 0 Å². The lowest BCUT2D eigenvalue weighted by Gasteiger charge is -2.12. The molecular formula is C8H7ClF3NO. The van der Waals surface area contributed by atoms with Crippen molar-refractivity contribution in [3.8, 4) is 5.75 Å². The molecule has 2 nitrogen and oxygen atoms in total. The lowest BCUT2D eigenvalue weighted by molar-refractivity contribution is -0.274. The zero-order valence-electron chi connectivity index (χ0n) is 7.23. The Morgan fingerprint density at radius 3 is 2.64 bits per heavy atom. The van der Waals surface area contributed by atoms with E-state index in [0.717, 1.165) is 6.07 Å². The Kier molecular flexibility index (Phi) is 3.21. The third-order valence-corrected chi connectivity index (χ3v) is 1.85. The summed E-state index contributed by atoms with van der Waals surface area (Å²) < 4.78 is 39.5. The molecule has 1 aromatic rings. The maximum Gasteiger partial charge on any atom is 0.573 e. The number of alkyl halides is 4. The summed E-state index contributed by atoms with van der Waals surface area (Å²) in [6, 6.07) is 1.14. The minimum Gasteiger partial charge on any atom is -0.405 e. The van der Waals surface area contributed by atoms with Gasteiger partial charge in [-0.25, -0.2) is 0 Å². The second-order valence-corrected chi connectivity index (χ2v) is 2.82. The van der Waals surface area contributed by atoms with Gasteiger partial charge in [-0.05, 0) is 13.0 Å². The molecule has 0 aliphatic carbocycles. The molecule has 0 bridgehead atoms. The molecule has 0 unspecified atom stereocenters. The van der Waals surface area contributed by atoms with E-state index in [1.165, 1.54) is 6.20 Å². The molecule has 0 saturated carbocycles. The topological polar surface area (TPSA) is 22.1 Å². The van der Waals surface area contributed by atoms with E-state index >= 15 is 0 Å². The second-order valence-electron chi connectivity index (χ2n) is 2.55. The molecule has 0 fully saturated rings. The number of ether oxygens (including phenoxy) is 1. The van der Waals surface area contributed by atoms with Crippen LogP contribution >= 0.6 is 11.6 Å². The van der Waals surface area contributed by atoms with Crippen LogP contribution in [0.25, 0.3) is 0 Å². The molecule has 0 radical (unpaired) electrons. The molecule has 14 heavy (non-hydrogen) atoms. The van der Waals surface area contributed by atoms with Crippen LogP contribution in [-0.2, 0) is 5.88 Å². The van der Waals surface area contributed by atoms with Crippen molar-refractivity contribution in [3.63, 3.8) is 0 Å². The van der Waals surface area contributed by atoms with Gasteiger partial charge in [0.1, 0.15) is 5.75 Å². The number of rotatable bonds is 2. The Morgan fingerprint density at radius 2 is 2.14 bits per heavy atom. The third-order valence-electron chi connectivity index (χ3n) is 1.59. The number of hydrogen-bond donors (Lipinski definition) is 0. The summed E-state index contributed by atoms with van der Waals surface area (Å²) in [6.07, 6.45) is -3.46. The van der Waals surface area contributed by atoms with Crippen molar-refractivity contribution >= 4 is 11.6 Å². The van der Waals surface area contributed by atoms with Crippen LogP contribution in [0.3, 0.4) is 0 Å². The average Bonchev–Trinajstić information content (AvgIpc) is 2.01.